The molecule has 5 heteroatoms. The Balaban J connectivity index is 1.77. The molecule has 5 nitrogen and oxygen atoms in total. The lowest BCUT2D eigenvalue weighted by atomic mass is 9.96. The fourth-order valence-electron chi connectivity index (χ4n) is 2.68. The molecule has 1 fully saturated rings. The number of hydrogen-bond donors (Lipinski definition) is 2. The van der Waals surface area contributed by atoms with Crippen LogP contribution in [0.5, 0.6) is 0 Å². The average Bonchev–Trinajstić information content (AvgIpc) is 3.07. The summed E-state index contributed by atoms with van der Waals surface area (Å²) in [4.78, 5) is 14.0. The summed E-state index contributed by atoms with van der Waals surface area (Å²) in [6.45, 7) is 6.10. The second-order valence-electron chi connectivity index (χ2n) is 5.86. The predicted molar refractivity (Wildman–Crippen MR) is 81.2 cm³/mol. The number of aliphatic hydroxyl groups is 1. The highest BCUT2D eigenvalue weighted by atomic mass is 16.3. The molecule has 0 unspecified atom stereocenters. The molecule has 1 aromatic rings. The van der Waals surface area contributed by atoms with Crippen molar-refractivity contribution >= 4 is 5.91 Å². The number of amides is 1. The first-order valence-corrected chi connectivity index (χ1v) is 7.86. The molecule has 0 saturated carbocycles. The summed E-state index contributed by atoms with van der Waals surface area (Å²) in [5.41, 5.74) is -0.610. The molecular formula is C16H26N2O3. The van der Waals surface area contributed by atoms with Gasteiger partial charge in [0.15, 0.2) is 5.76 Å². The van der Waals surface area contributed by atoms with Gasteiger partial charge in [-0.1, -0.05) is 13.8 Å². The zero-order valence-electron chi connectivity index (χ0n) is 13.0. The Morgan fingerprint density at radius 1 is 1.43 bits per heavy atom. The molecule has 0 radical (unpaired) electrons. The zero-order chi connectivity index (χ0) is 15.3. The highest BCUT2D eigenvalue weighted by Crippen LogP contribution is 2.17. The third-order valence-corrected chi connectivity index (χ3v) is 4.55. The van der Waals surface area contributed by atoms with E-state index in [9.17, 15) is 9.90 Å². The second kappa shape index (κ2) is 7.09. The Bertz CT molecular complexity index is 432. The first kappa shape index (κ1) is 16.0. The van der Waals surface area contributed by atoms with E-state index in [1.165, 1.54) is 6.26 Å². The van der Waals surface area contributed by atoms with Gasteiger partial charge in [-0.05, 0) is 37.8 Å². The first-order valence-electron chi connectivity index (χ1n) is 7.86. The fraction of sp³-hybridized carbons (Fsp3) is 0.688. The molecule has 1 aliphatic heterocycles. The molecule has 1 saturated heterocycles. The molecule has 0 aliphatic carbocycles. The first-order chi connectivity index (χ1) is 10.1. The molecule has 2 N–H and O–H groups in total. The van der Waals surface area contributed by atoms with Gasteiger partial charge in [0.25, 0.3) is 5.91 Å². The molecule has 1 aromatic heterocycles. The lowest BCUT2D eigenvalue weighted by Gasteiger charge is -2.34. The predicted octanol–water partition coefficient (Wildman–Crippen LogP) is 2.02. The minimum absolute atomic E-state index is 0.0305. The van der Waals surface area contributed by atoms with Gasteiger partial charge in [0.05, 0.1) is 11.9 Å². The van der Waals surface area contributed by atoms with Crippen molar-refractivity contribution in [2.45, 2.75) is 51.2 Å². The van der Waals surface area contributed by atoms with E-state index in [-0.39, 0.29) is 5.91 Å². The van der Waals surface area contributed by atoms with Gasteiger partial charge in [0.1, 0.15) is 0 Å². The smallest absolute Gasteiger partial charge is 0.289 e. The quantitative estimate of drug-likeness (QED) is 0.842. The van der Waals surface area contributed by atoms with Crippen molar-refractivity contribution in [1.29, 1.82) is 0 Å². The molecule has 21 heavy (non-hydrogen) atoms. The zero-order valence-corrected chi connectivity index (χ0v) is 13.0. The normalized spacial score (nSPS) is 17.2. The summed E-state index contributed by atoms with van der Waals surface area (Å²) in [5, 5.41) is 13.7. The molecule has 0 atom stereocenters. The van der Waals surface area contributed by atoms with E-state index in [2.05, 4.69) is 5.32 Å². The van der Waals surface area contributed by atoms with Crippen LogP contribution in [0.4, 0.5) is 0 Å². The Kier molecular flexibility index (Phi) is 5.42. The van der Waals surface area contributed by atoms with Crippen LogP contribution < -0.4 is 5.32 Å². The van der Waals surface area contributed by atoms with E-state index in [1.807, 2.05) is 18.7 Å². The summed E-state index contributed by atoms with van der Waals surface area (Å²) in [5.74, 6) is 0.379. The third kappa shape index (κ3) is 4.08. The van der Waals surface area contributed by atoms with E-state index in [0.29, 0.717) is 18.3 Å². The number of carbonyl (C=O) groups excluding carboxylic acids is 1. The number of nitrogens with one attached hydrogen (secondary N) is 1. The van der Waals surface area contributed by atoms with Crippen molar-refractivity contribution in [1.82, 2.24) is 10.2 Å². The molecule has 1 amide bonds. The van der Waals surface area contributed by atoms with E-state index in [4.69, 9.17) is 4.42 Å². The summed E-state index contributed by atoms with van der Waals surface area (Å²) >= 11 is 0. The van der Waals surface area contributed by atoms with Gasteiger partial charge in [-0.3, -0.25) is 4.79 Å². The maximum absolute atomic E-state index is 12.1. The Hall–Kier alpha value is -1.33. The molecule has 0 bridgehead atoms. The van der Waals surface area contributed by atoms with E-state index in [1.54, 1.807) is 12.1 Å². The molecule has 2 rings (SSSR count). The Labute approximate surface area is 126 Å². The van der Waals surface area contributed by atoms with E-state index >= 15 is 0 Å². The average molecular weight is 294 g/mol. The van der Waals surface area contributed by atoms with Gasteiger partial charge in [-0.25, -0.2) is 0 Å². The molecule has 2 heterocycles. The number of piperidine rings is 1. The van der Waals surface area contributed by atoms with Crippen molar-refractivity contribution in [3.8, 4) is 0 Å². The summed E-state index contributed by atoms with van der Waals surface area (Å²) in [6, 6.07) is 3.81. The van der Waals surface area contributed by atoms with Crippen molar-refractivity contribution in [3.63, 3.8) is 0 Å². The molecule has 0 spiro atoms. The van der Waals surface area contributed by atoms with Gasteiger partial charge >= 0.3 is 0 Å². The van der Waals surface area contributed by atoms with E-state index < -0.39 is 5.60 Å². The number of furan rings is 1. The second-order valence-corrected chi connectivity index (χ2v) is 5.86. The largest absolute Gasteiger partial charge is 0.459 e. The highest BCUT2D eigenvalue weighted by molar-refractivity contribution is 5.91. The maximum atomic E-state index is 12.1. The molecule has 0 aromatic carbocycles. The van der Waals surface area contributed by atoms with Crippen LogP contribution in [-0.4, -0.2) is 47.2 Å². The van der Waals surface area contributed by atoms with Crippen LogP contribution in [-0.2, 0) is 0 Å². The molecular weight excluding hydrogens is 268 g/mol. The van der Waals surface area contributed by atoms with Crippen LogP contribution in [0, 0.1) is 0 Å². The highest BCUT2D eigenvalue weighted by Gasteiger charge is 2.27. The number of hydrogen-bond acceptors (Lipinski definition) is 4. The summed E-state index contributed by atoms with van der Waals surface area (Å²) < 4.78 is 5.16. The van der Waals surface area contributed by atoms with Crippen LogP contribution >= 0.6 is 0 Å². The Morgan fingerprint density at radius 2 is 2.10 bits per heavy atom. The standard InChI is InChI=1S/C16H26N2O3/c1-3-16(20,4-2)12-17-13-7-9-18(10-8-13)15(19)14-6-5-11-21-14/h5-6,11,13,17,20H,3-4,7-10,12H2,1-2H3. The number of nitrogens with zero attached hydrogens (tertiary/aromatic N) is 1. The lowest BCUT2D eigenvalue weighted by Crippen LogP contribution is -2.49. The van der Waals surface area contributed by atoms with Gasteiger partial charge in [-0.2, -0.15) is 0 Å². The van der Waals surface area contributed by atoms with Gasteiger partial charge in [0, 0.05) is 25.7 Å². The maximum Gasteiger partial charge on any atom is 0.289 e. The Morgan fingerprint density at radius 3 is 2.62 bits per heavy atom. The molecule has 1 aliphatic rings. The van der Waals surface area contributed by atoms with Crippen LogP contribution in [0.1, 0.15) is 50.1 Å². The number of likely N-dealkylation sites (tertiary alicyclic amines) is 1. The van der Waals surface area contributed by atoms with Crippen molar-refractivity contribution in [3.05, 3.63) is 24.2 Å². The van der Waals surface area contributed by atoms with Crippen molar-refractivity contribution < 1.29 is 14.3 Å². The minimum atomic E-state index is -0.610. The lowest BCUT2D eigenvalue weighted by molar-refractivity contribution is 0.0267. The summed E-state index contributed by atoms with van der Waals surface area (Å²) in [6.07, 6.45) is 4.86. The monoisotopic (exact) mass is 294 g/mol. The van der Waals surface area contributed by atoms with Crippen molar-refractivity contribution in [2.24, 2.45) is 0 Å². The van der Waals surface area contributed by atoms with Crippen LogP contribution in [0.25, 0.3) is 0 Å². The number of carbonyl (C=O) groups is 1. The van der Waals surface area contributed by atoms with Crippen LogP contribution in [0.2, 0.25) is 0 Å². The van der Waals surface area contributed by atoms with Crippen LogP contribution in [0.3, 0.4) is 0 Å². The van der Waals surface area contributed by atoms with Gasteiger partial charge in [-0.15, -0.1) is 0 Å². The fourth-order valence-corrected chi connectivity index (χ4v) is 2.68. The molecule has 118 valence electrons. The number of rotatable bonds is 6. The summed E-state index contributed by atoms with van der Waals surface area (Å²) in [7, 11) is 0. The third-order valence-electron chi connectivity index (χ3n) is 4.55. The van der Waals surface area contributed by atoms with Gasteiger partial charge in [0.2, 0.25) is 0 Å². The van der Waals surface area contributed by atoms with Crippen molar-refractivity contribution in [2.75, 3.05) is 19.6 Å². The SMILES string of the molecule is CCC(O)(CC)CNC1CCN(C(=O)c2ccco2)CC1. The van der Waals surface area contributed by atoms with Gasteiger partial charge < -0.3 is 19.7 Å². The van der Waals surface area contributed by atoms with Crippen LogP contribution in [0.15, 0.2) is 22.8 Å². The topological polar surface area (TPSA) is 65.7 Å². The van der Waals surface area contributed by atoms with E-state index in [0.717, 1.165) is 38.8 Å². The minimum Gasteiger partial charge on any atom is -0.459 e.